The molecule has 196 valence electrons. The van der Waals surface area contributed by atoms with Gasteiger partial charge in [0.2, 0.25) is 5.95 Å². The van der Waals surface area contributed by atoms with Crippen LogP contribution in [-0.4, -0.2) is 63.2 Å². The van der Waals surface area contributed by atoms with Gasteiger partial charge in [0.25, 0.3) is 5.56 Å². The molecule has 0 unspecified atom stereocenters. The maximum atomic E-state index is 14.0. The van der Waals surface area contributed by atoms with Gasteiger partial charge in [-0.25, -0.2) is 13.8 Å². The summed E-state index contributed by atoms with van der Waals surface area (Å²) in [5, 5.41) is 4.21. The second-order valence-corrected chi connectivity index (χ2v) is 9.96. The first-order valence-corrected chi connectivity index (χ1v) is 12.7. The van der Waals surface area contributed by atoms with Crippen LogP contribution >= 0.6 is 0 Å². The maximum absolute atomic E-state index is 14.0. The van der Waals surface area contributed by atoms with Gasteiger partial charge in [0.05, 0.1) is 29.1 Å². The molecule has 5 aromatic rings. The number of piperazine rings is 1. The van der Waals surface area contributed by atoms with Gasteiger partial charge in [-0.05, 0) is 50.2 Å². The fourth-order valence-electron chi connectivity index (χ4n) is 5.20. The Balaban J connectivity index is 1.44. The number of aromatic nitrogens is 4. The number of hydrogen-bond donors (Lipinski definition) is 1. The van der Waals surface area contributed by atoms with E-state index in [1.165, 1.54) is 22.6 Å². The first-order chi connectivity index (χ1) is 18.3. The Kier molecular flexibility index (Phi) is 5.91. The number of ether oxygens (including phenoxy) is 1. The van der Waals surface area contributed by atoms with Crippen molar-refractivity contribution in [1.82, 2.24) is 23.8 Å². The lowest BCUT2D eigenvalue weighted by molar-refractivity contribution is 0.209. The Bertz CT molecular complexity index is 1740. The Labute approximate surface area is 219 Å². The van der Waals surface area contributed by atoms with Gasteiger partial charge in [-0.3, -0.25) is 9.69 Å². The van der Waals surface area contributed by atoms with Gasteiger partial charge in [0.1, 0.15) is 17.2 Å². The molecule has 1 fully saturated rings. The number of fused-ring (bicyclic) bond motifs is 4. The second-order valence-electron chi connectivity index (χ2n) is 9.96. The molecule has 0 spiro atoms. The predicted molar refractivity (Wildman–Crippen MR) is 148 cm³/mol. The molecule has 38 heavy (non-hydrogen) atoms. The number of methoxy groups -OCH3 is 1. The van der Waals surface area contributed by atoms with Crippen LogP contribution in [0.25, 0.3) is 27.6 Å². The van der Waals surface area contributed by atoms with E-state index in [-0.39, 0.29) is 11.3 Å². The summed E-state index contributed by atoms with van der Waals surface area (Å²) in [6, 6.07) is 12.4. The third-order valence-electron chi connectivity index (χ3n) is 7.38. The van der Waals surface area contributed by atoms with Crippen LogP contribution in [0.2, 0.25) is 0 Å². The molecule has 6 rings (SSSR count). The van der Waals surface area contributed by atoms with Gasteiger partial charge in [-0.1, -0.05) is 0 Å². The number of hydrogen-bond acceptors (Lipinski definition) is 7. The van der Waals surface area contributed by atoms with Gasteiger partial charge in [-0.15, -0.1) is 0 Å². The first-order valence-electron chi connectivity index (χ1n) is 12.7. The summed E-state index contributed by atoms with van der Waals surface area (Å²) in [6.45, 7) is 8.35. The zero-order valence-electron chi connectivity index (χ0n) is 21.9. The van der Waals surface area contributed by atoms with Crippen molar-refractivity contribution in [2.24, 2.45) is 7.05 Å². The van der Waals surface area contributed by atoms with Crippen molar-refractivity contribution in [3.8, 4) is 5.75 Å². The predicted octanol–water partition coefficient (Wildman–Crippen LogP) is 4.16. The Morgan fingerprint density at radius 3 is 2.50 bits per heavy atom. The SMILES string of the molecule is COc1cc(N2CCN(C(C)C)CC2)ccc1Nc1nc2c(ccn2C)c2nc3ccc(F)cc3c(=O)n12. The molecular formula is C28H30FN7O2. The molecule has 1 saturated heterocycles. The normalized spacial score (nSPS) is 14.7. The molecule has 3 aromatic heterocycles. The first kappa shape index (κ1) is 24.2. The summed E-state index contributed by atoms with van der Waals surface area (Å²) in [6.07, 6.45) is 1.87. The van der Waals surface area contributed by atoms with Crippen molar-refractivity contribution in [2.75, 3.05) is 43.5 Å². The van der Waals surface area contributed by atoms with Crippen molar-refractivity contribution >= 4 is 44.9 Å². The third kappa shape index (κ3) is 4.01. The summed E-state index contributed by atoms with van der Waals surface area (Å²) in [5.41, 5.74) is 2.87. The molecule has 0 radical (unpaired) electrons. The highest BCUT2D eigenvalue weighted by atomic mass is 19.1. The van der Waals surface area contributed by atoms with Gasteiger partial charge >= 0.3 is 0 Å². The molecule has 4 heterocycles. The summed E-state index contributed by atoms with van der Waals surface area (Å²) in [7, 11) is 3.51. The van der Waals surface area contributed by atoms with E-state index in [0.717, 1.165) is 37.3 Å². The number of aryl methyl sites for hydroxylation is 1. The third-order valence-corrected chi connectivity index (χ3v) is 7.38. The summed E-state index contributed by atoms with van der Waals surface area (Å²) < 4.78 is 23.1. The van der Waals surface area contributed by atoms with Crippen LogP contribution in [0.4, 0.5) is 21.7 Å². The number of nitrogens with one attached hydrogen (secondary N) is 1. The van der Waals surface area contributed by atoms with Crippen molar-refractivity contribution in [2.45, 2.75) is 19.9 Å². The minimum absolute atomic E-state index is 0.186. The zero-order valence-corrected chi connectivity index (χ0v) is 21.9. The number of anilines is 3. The molecule has 1 N–H and O–H groups in total. The summed E-state index contributed by atoms with van der Waals surface area (Å²) >= 11 is 0. The minimum Gasteiger partial charge on any atom is -0.494 e. The smallest absolute Gasteiger partial charge is 0.268 e. The standard InChI is InChI=1S/C28H30FN7O2/c1-17(2)34-11-13-35(14-12-34)19-6-8-23(24(16-19)38-4)31-28-32-25-20(9-10-33(25)3)26-30-22-7-5-18(29)15-21(22)27(37)36(26)28/h5-10,15-17H,11-14H2,1-4H3,(H,31,32). The van der Waals surface area contributed by atoms with Crippen molar-refractivity contribution in [1.29, 1.82) is 0 Å². The molecule has 0 atom stereocenters. The lowest BCUT2D eigenvalue weighted by Gasteiger charge is -2.38. The van der Waals surface area contributed by atoms with E-state index in [1.54, 1.807) is 7.11 Å². The largest absolute Gasteiger partial charge is 0.494 e. The average molecular weight is 516 g/mol. The van der Waals surface area contributed by atoms with E-state index in [4.69, 9.17) is 14.7 Å². The van der Waals surface area contributed by atoms with Crippen molar-refractivity contribution in [3.63, 3.8) is 0 Å². The Morgan fingerprint density at radius 1 is 0.974 bits per heavy atom. The molecule has 0 aliphatic carbocycles. The van der Waals surface area contributed by atoms with E-state index >= 15 is 0 Å². The lowest BCUT2D eigenvalue weighted by Crippen LogP contribution is -2.48. The van der Waals surface area contributed by atoms with Crippen LogP contribution in [-0.2, 0) is 7.05 Å². The number of halogens is 1. The highest BCUT2D eigenvalue weighted by Crippen LogP contribution is 2.33. The van der Waals surface area contributed by atoms with Gasteiger partial charge in [-0.2, -0.15) is 4.98 Å². The monoisotopic (exact) mass is 515 g/mol. The number of nitrogens with zero attached hydrogens (tertiary/aromatic N) is 6. The van der Waals surface area contributed by atoms with Gasteiger partial charge < -0.3 is 19.5 Å². The molecule has 9 nitrogen and oxygen atoms in total. The van der Waals surface area contributed by atoms with Crippen LogP contribution in [0.5, 0.6) is 5.75 Å². The quantitative estimate of drug-likeness (QED) is 0.352. The van der Waals surface area contributed by atoms with E-state index < -0.39 is 11.4 Å². The summed E-state index contributed by atoms with van der Waals surface area (Å²) in [5.74, 6) is 0.407. The van der Waals surface area contributed by atoms with E-state index in [9.17, 15) is 9.18 Å². The fraction of sp³-hybridized carbons (Fsp3) is 0.321. The maximum Gasteiger partial charge on any atom is 0.268 e. The van der Waals surface area contributed by atoms with E-state index in [2.05, 4.69) is 29.0 Å². The molecule has 0 saturated carbocycles. The van der Waals surface area contributed by atoms with Crippen LogP contribution in [0.15, 0.2) is 53.5 Å². The van der Waals surface area contributed by atoms with Crippen LogP contribution in [0, 0.1) is 5.82 Å². The average Bonchev–Trinajstić information content (AvgIpc) is 3.29. The topological polar surface area (TPSA) is 79.9 Å². The van der Waals surface area contributed by atoms with E-state index in [1.807, 2.05) is 42.1 Å². The van der Waals surface area contributed by atoms with Crippen LogP contribution in [0.1, 0.15) is 13.8 Å². The van der Waals surface area contributed by atoms with Crippen molar-refractivity contribution < 1.29 is 9.13 Å². The van der Waals surface area contributed by atoms with Crippen LogP contribution < -0.4 is 20.5 Å². The molecular weight excluding hydrogens is 485 g/mol. The number of benzene rings is 2. The minimum atomic E-state index is -0.494. The molecule has 10 heteroatoms. The number of rotatable bonds is 5. The van der Waals surface area contributed by atoms with E-state index in [0.29, 0.717) is 34.3 Å². The highest BCUT2D eigenvalue weighted by Gasteiger charge is 2.21. The fourth-order valence-corrected chi connectivity index (χ4v) is 5.20. The van der Waals surface area contributed by atoms with Gasteiger partial charge in [0, 0.05) is 57.2 Å². The molecule has 0 amide bonds. The Hall–Kier alpha value is -4.18. The van der Waals surface area contributed by atoms with Gasteiger partial charge in [0.15, 0.2) is 5.65 Å². The molecule has 1 aliphatic heterocycles. The highest BCUT2D eigenvalue weighted by molar-refractivity contribution is 5.94. The van der Waals surface area contributed by atoms with Crippen molar-refractivity contribution in [3.05, 3.63) is 64.8 Å². The Morgan fingerprint density at radius 2 is 1.76 bits per heavy atom. The zero-order chi connectivity index (χ0) is 26.6. The lowest BCUT2D eigenvalue weighted by atomic mass is 10.2. The summed E-state index contributed by atoms with van der Waals surface area (Å²) in [4.78, 5) is 27.9. The molecule has 2 aromatic carbocycles. The van der Waals surface area contributed by atoms with Crippen LogP contribution in [0.3, 0.4) is 0 Å². The second kappa shape index (κ2) is 9.29. The molecule has 0 bridgehead atoms. The molecule has 1 aliphatic rings.